The van der Waals surface area contributed by atoms with E-state index < -0.39 is 22.5 Å². The van der Waals surface area contributed by atoms with Gasteiger partial charge in [0.25, 0.3) is 0 Å². The maximum absolute atomic E-state index is 13.0. The summed E-state index contributed by atoms with van der Waals surface area (Å²) in [5.41, 5.74) is 1.95. The van der Waals surface area contributed by atoms with Gasteiger partial charge in [-0.1, -0.05) is 30.3 Å². The van der Waals surface area contributed by atoms with E-state index in [2.05, 4.69) is 5.32 Å². The molecule has 22 heavy (non-hydrogen) atoms. The minimum absolute atomic E-state index is 0.0423. The van der Waals surface area contributed by atoms with Crippen molar-refractivity contribution < 1.29 is 18.5 Å². The Kier molecular flexibility index (Phi) is 5.80. The van der Waals surface area contributed by atoms with Crippen LogP contribution in [0.15, 0.2) is 48.5 Å². The number of rotatable bonds is 6. The van der Waals surface area contributed by atoms with Crippen molar-refractivity contribution in [2.75, 3.05) is 11.1 Å². The highest BCUT2D eigenvalue weighted by atomic mass is 32.2. The molecule has 0 aliphatic carbocycles. The zero-order valence-electron chi connectivity index (χ0n) is 11.8. The Morgan fingerprint density at radius 3 is 2.45 bits per heavy atom. The first kappa shape index (κ1) is 16.3. The predicted molar refractivity (Wildman–Crippen MR) is 84.1 cm³/mol. The Hall–Kier alpha value is -2.05. The monoisotopic (exact) mass is 321 g/mol. The van der Waals surface area contributed by atoms with E-state index in [1.165, 1.54) is 18.2 Å². The van der Waals surface area contributed by atoms with Crippen molar-refractivity contribution in [3.8, 4) is 0 Å². The molecule has 0 radical (unpaired) electrons. The van der Waals surface area contributed by atoms with Crippen LogP contribution in [0.1, 0.15) is 11.1 Å². The molecule has 1 unspecified atom stereocenters. The van der Waals surface area contributed by atoms with Gasteiger partial charge in [-0.05, 0) is 29.3 Å². The van der Waals surface area contributed by atoms with Gasteiger partial charge in [-0.25, -0.2) is 4.39 Å². The van der Waals surface area contributed by atoms with Crippen molar-refractivity contribution >= 4 is 22.4 Å². The molecule has 0 bridgehead atoms. The fourth-order valence-corrected chi connectivity index (χ4v) is 2.92. The molecule has 0 aromatic heterocycles. The molecular weight excluding hydrogens is 305 g/mol. The molecule has 2 aromatic rings. The number of carbonyl (C=O) groups is 1. The Morgan fingerprint density at radius 1 is 1.14 bits per heavy atom. The molecule has 6 heteroatoms. The van der Waals surface area contributed by atoms with Gasteiger partial charge in [0.1, 0.15) is 11.6 Å². The lowest BCUT2D eigenvalue weighted by Crippen LogP contribution is -2.20. The van der Waals surface area contributed by atoms with Gasteiger partial charge in [-0.2, -0.15) is 0 Å². The largest absolute Gasteiger partial charge is 0.392 e. The van der Waals surface area contributed by atoms with Crippen molar-refractivity contribution in [3.05, 3.63) is 65.5 Å². The second-order valence-electron chi connectivity index (χ2n) is 4.76. The van der Waals surface area contributed by atoms with Gasteiger partial charge in [-0.3, -0.25) is 9.00 Å². The van der Waals surface area contributed by atoms with Gasteiger partial charge in [0.05, 0.1) is 6.61 Å². The summed E-state index contributed by atoms with van der Waals surface area (Å²) in [6, 6.07) is 12.6. The van der Waals surface area contributed by atoms with Gasteiger partial charge < -0.3 is 10.4 Å². The van der Waals surface area contributed by atoms with E-state index in [4.69, 9.17) is 5.11 Å². The second-order valence-corrected chi connectivity index (χ2v) is 6.22. The molecule has 2 rings (SSSR count). The summed E-state index contributed by atoms with van der Waals surface area (Å²) in [5, 5.41) is 11.5. The molecule has 0 fully saturated rings. The third-order valence-corrected chi connectivity index (χ3v) is 4.17. The number of hydrogen-bond donors (Lipinski definition) is 2. The molecule has 0 saturated heterocycles. The van der Waals surface area contributed by atoms with Crippen LogP contribution in [0.25, 0.3) is 0 Å². The number of nitrogens with one attached hydrogen (secondary N) is 1. The molecule has 0 aliphatic rings. The van der Waals surface area contributed by atoms with Gasteiger partial charge in [0, 0.05) is 22.2 Å². The number of carbonyl (C=O) groups excluding carboxylic acids is 1. The summed E-state index contributed by atoms with van der Waals surface area (Å²) in [4.78, 5) is 11.8. The van der Waals surface area contributed by atoms with Crippen molar-refractivity contribution in [2.24, 2.45) is 0 Å². The minimum atomic E-state index is -1.36. The Morgan fingerprint density at radius 2 is 1.82 bits per heavy atom. The van der Waals surface area contributed by atoms with Crippen LogP contribution < -0.4 is 5.32 Å². The van der Waals surface area contributed by atoms with Gasteiger partial charge in [0.2, 0.25) is 5.91 Å². The van der Waals surface area contributed by atoms with E-state index in [-0.39, 0.29) is 18.1 Å². The van der Waals surface area contributed by atoms with E-state index in [1.54, 1.807) is 30.3 Å². The van der Waals surface area contributed by atoms with Crippen molar-refractivity contribution in [1.82, 2.24) is 0 Å². The molecule has 4 nitrogen and oxygen atoms in total. The molecule has 116 valence electrons. The molecule has 2 N–H and O–H groups in total. The third-order valence-electron chi connectivity index (χ3n) is 2.93. The maximum atomic E-state index is 13.0. The van der Waals surface area contributed by atoms with Crippen LogP contribution in [0.5, 0.6) is 0 Å². The number of benzene rings is 2. The van der Waals surface area contributed by atoms with Crippen LogP contribution in [-0.4, -0.2) is 21.0 Å². The van der Waals surface area contributed by atoms with Crippen molar-refractivity contribution in [2.45, 2.75) is 12.4 Å². The number of amides is 1. The highest BCUT2D eigenvalue weighted by Gasteiger charge is 2.09. The molecule has 0 spiro atoms. The van der Waals surface area contributed by atoms with Crippen LogP contribution in [0.2, 0.25) is 0 Å². The quantitative estimate of drug-likeness (QED) is 0.857. The van der Waals surface area contributed by atoms with Crippen LogP contribution in [0.4, 0.5) is 10.1 Å². The predicted octanol–water partition coefficient (Wildman–Crippen LogP) is 2.21. The van der Waals surface area contributed by atoms with Crippen molar-refractivity contribution in [3.63, 3.8) is 0 Å². The zero-order chi connectivity index (χ0) is 15.9. The molecule has 0 saturated carbocycles. The Labute approximate surface area is 130 Å². The SMILES string of the molecule is O=C(CS(=O)Cc1ccc(CO)cc1)Nc1cccc(F)c1. The average Bonchev–Trinajstić information content (AvgIpc) is 2.47. The fraction of sp³-hybridized carbons (Fsp3) is 0.188. The van der Waals surface area contributed by atoms with Crippen LogP contribution in [0.3, 0.4) is 0 Å². The highest BCUT2D eigenvalue weighted by molar-refractivity contribution is 7.84. The van der Waals surface area contributed by atoms with E-state index >= 15 is 0 Å². The lowest BCUT2D eigenvalue weighted by atomic mass is 10.2. The molecule has 1 amide bonds. The van der Waals surface area contributed by atoms with E-state index in [0.29, 0.717) is 5.69 Å². The third kappa shape index (κ3) is 5.05. The number of hydrogen-bond acceptors (Lipinski definition) is 3. The molecule has 1 atom stereocenters. The highest BCUT2D eigenvalue weighted by Crippen LogP contribution is 2.10. The van der Waals surface area contributed by atoms with Crippen LogP contribution in [-0.2, 0) is 28.0 Å². The smallest absolute Gasteiger partial charge is 0.237 e. The van der Waals surface area contributed by atoms with E-state index in [9.17, 15) is 13.4 Å². The number of aliphatic hydroxyl groups is 1. The van der Waals surface area contributed by atoms with E-state index in [1.807, 2.05) is 0 Å². The zero-order valence-corrected chi connectivity index (χ0v) is 12.6. The number of aliphatic hydroxyl groups excluding tert-OH is 1. The number of anilines is 1. The standard InChI is InChI=1S/C16H16FNO3S/c17-14-2-1-3-15(8-14)18-16(20)11-22(21)10-13-6-4-12(9-19)5-7-13/h1-8,19H,9-11H2,(H,18,20). The lowest BCUT2D eigenvalue weighted by molar-refractivity contribution is -0.113. The van der Waals surface area contributed by atoms with Crippen molar-refractivity contribution in [1.29, 1.82) is 0 Å². The topological polar surface area (TPSA) is 66.4 Å². The average molecular weight is 321 g/mol. The first-order chi connectivity index (χ1) is 10.6. The van der Waals surface area contributed by atoms with Crippen LogP contribution >= 0.6 is 0 Å². The summed E-state index contributed by atoms with van der Waals surface area (Å²) < 4.78 is 25.0. The molecule has 0 aliphatic heterocycles. The van der Waals surface area contributed by atoms with Gasteiger partial charge in [0.15, 0.2) is 0 Å². The van der Waals surface area contributed by atoms with Gasteiger partial charge in [-0.15, -0.1) is 0 Å². The first-order valence-electron chi connectivity index (χ1n) is 6.66. The van der Waals surface area contributed by atoms with E-state index in [0.717, 1.165) is 11.1 Å². The molecular formula is C16H16FNO3S. The summed E-state index contributed by atoms with van der Waals surface area (Å²) in [7, 11) is -1.36. The Balaban J connectivity index is 1.86. The molecule has 2 aromatic carbocycles. The summed E-state index contributed by atoms with van der Waals surface area (Å²) in [6.07, 6.45) is 0. The Bertz CT molecular complexity index is 673. The number of halogens is 1. The minimum Gasteiger partial charge on any atom is -0.392 e. The lowest BCUT2D eigenvalue weighted by Gasteiger charge is -2.06. The summed E-state index contributed by atoms with van der Waals surface area (Å²) in [5.74, 6) is -0.764. The first-order valence-corrected chi connectivity index (χ1v) is 8.14. The van der Waals surface area contributed by atoms with Gasteiger partial charge >= 0.3 is 0 Å². The summed E-state index contributed by atoms with van der Waals surface area (Å²) in [6.45, 7) is -0.0423. The fourth-order valence-electron chi connectivity index (χ4n) is 1.89. The second kappa shape index (κ2) is 7.82. The summed E-state index contributed by atoms with van der Waals surface area (Å²) >= 11 is 0. The maximum Gasteiger partial charge on any atom is 0.237 e. The molecule has 0 heterocycles. The normalized spacial score (nSPS) is 11.9. The van der Waals surface area contributed by atoms with Crippen LogP contribution in [0, 0.1) is 5.82 Å².